The van der Waals surface area contributed by atoms with Gasteiger partial charge in [0.05, 0.1) is 12.1 Å². The van der Waals surface area contributed by atoms with E-state index in [0.717, 1.165) is 5.56 Å². The van der Waals surface area contributed by atoms with Crippen molar-refractivity contribution in [3.05, 3.63) is 46.6 Å². The Balaban J connectivity index is 1.73. The van der Waals surface area contributed by atoms with Crippen molar-refractivity contribution in [3.8, 4) is 0 Å². The number of urea groups is 1. The SMILES string of the molecule is CO[C@@H]1C[C@H](c2nnc(C)o2)N(C(=O)N[C@@H](C)c2ccc(Cl)cc2)C1. The average molecular weight is 365 g/mol. The lowest BCUT2D eigenvalue weighted by Gasteiger charge is -2.25. The molecule has 1 aromatic heterocycles. The molecule has 0 bridgehead atoms. The number of halogens is 1. The first-order chi connectivity index (χ1) is 12.0. The Bertz CT molecular complexity index is 734. The third-order valence-corrected chi connectivity index (χ3v) is 4.65. The number of aryl methyl sites for hydroxylation is 1. The number of benzene rings is 1. The Kier molecular flexibility index (Phi) is 5.24. The highest BCUT2D eigenvalue weighted by atomic mass is 35.5. The Morgan fingerprint density at radius 3 is 2.72 bits per heavy atom. The van der Waals surface area contributed by atoms with Gasteiger partial charge in [0, 0.05) is 32.0 Å². The molecule has 25 heavy (non-hydrogen) atoms. The van der Waals surface area contributed by atoms with Gasteiger partial charge < -0.3 is 19.4 Å². The molecule has 3 rings (SSSR count). The lowest BCUT2D eigenvalue weighted by molar-refractivity contribution is 0.110. The molecule has 1 aliphatic rings. The van der Waals surface area contributed by atoms with Gasteiger partial charge in [-0.2, -0.15) is 0 Å². The highest BCUT2D eigenvalue weighted by Gasteiger charge is 2.39. The summed E-state index contributed by atoms with van der Waals surface area (Å²) in [5, 5.41) is 11.6. The van der Waals surface area contributed by atoms with Gasteiger partial charge in [-0.1, -0.05) is 23.7 Å². The Hall–Kier alpha value is -2.12. The molecular formula is C17H21ClN4O3. The maximum Gasteiger partial charge on any atom is 0.318 e. The van der Waals surface area contributed by atoms with E-state index in [9.17, 15) is 4.79 Å². The van der Waals surface area contributed by atoms with Crippen LogP contribution < -0.4 is 5.32 Å². The number of hydrogen-bond acceptors (Lipinski definition) is 5. The van der Waals surface area contributed by atoms with E-state index >= 15 is 0 Å². The monoisotopic (exact) mass is 364 g/mol. The predicted octanol–water partition coefficient (Wildman–Crippen LogP) is 3.26. The second-order valence-electron chi connectivity index (χ2n) is 6.14. The third kappa shape index (κ3) is 3.93. The van der Waals surface area contributed by atoms with Gasteiger partial charge in [-0.3, -0.25) is 0 Å². The first-order valence-electron chi connectivity index (χ1n) is 8.13. The minimum atomic E-state index is -0.288. The van der Waals surface area contributed by atoms with E-state index in [1.807, 2.05) is 19.1 Å². The third-order valence-electron chi connectivity index (χ3n) is 4.39. The normalized spacial score (nSPS) is 21.4. The van der Waals surface area contributed by atoms with Gasteiger partial charge in [0.1, 0.15) is 6.04 Å². The smallest absolute Gasteiger partial charge is 0.318 e. The van der Waals surface area contributed by atoms with Gasteiger partial charge in [-0.05, 0) is 24.6 Å². The summed E-state index contributed by atoms with van der Waals surface area (Å²) in [5.41, 5.74) is 0.977. The topological polar surface area (TPSA) is 80.5 Å². The maximum absolute atomic E-state index is 12.8. The van der Waals surface area contributed by atoms with Crippen molar-refractivity contribution < 1.29 is 13.9 Å². The van der Waals surface area contributed by atoms with Crippen LogP contribution in [-0.4, -0.2) is 40.9 Å². The Morgan fingerprint density at radius 1 is 1.40 bits per heavy atom. The molecule has 1 saturated heterocycles. The zero-order chi connectivity index (χ0) is 18.0. The summed E-state index contributed by atoms with van der Waals surface area (Å²) < 4.78 is 11.0. The van der Waals surface area contributed by atoms with Crippen LogP contribution in [0.5, 0.6) is 0 Å². The highest BCUT2D eigenvalue weighted by molar-refractivity contribution is 6.30. The fraction of sp³-hybridized carbons (Fsp3) is 0.471. The lowest BCUT2D eigenvalue weighted by atomic mass is 10.1. The molecule has 0 aliphatic carbocycles. The molecular weight excluding hydrogens is 344 g/mol. The molecule has 8 heteroatoms. The molecule has 0 unspecified atom stereocenters. The molecule has 2 amide bonds. The number of aromatic nitrogens is 2. The van der Waals surface area contributed by atoms with Crippen LogP contribution in [0.25, 0.3) is 0 Å². The molecule has 1 fully saturated rings. The average Bonchev–Trinajstić information content (AvgIpc) is 3.21. The van der Waals surface area contributed by atoms with Crippen molar-refractivity contribution in [2.45, 2.75) is 38.5 Å². The zero-order valence-electron chi connectivity index (χ0n) is 14.4. The quantitative estimate of drug-likeness (QED) is 0.900. The second-order valence-corrected chi connectivity index (χ2v) is 6.58. The number of hydrogen-bond donors (Lipinski definition) is 1. The van der Waals surface area contributed by atoms with Gasteiger partial charge in [0.2, 0.25) is 11.8 Å². The van der Waals surface area contributed by atoms with E-state index in [2.05, 4.69) is 15.5 Å². The van der Waals surface area contributed by atoms with E-state index in [1.165, 1.54) is 0 Å². The Labute approximate surface area is 151 Å². The minimum Gasteiger partial charge on any atom is -0.423 e. The number of nitrogens with zero attached hydrogens (tertiary/aromatic N) is 3. The molecule has 1 aromatic carbocycles. The van der Waals surface area contributed by atoms with Gasteiger partial charge in [-0.25, -0.2) is 4.79 Å². The number of carbonyl (C=O) groups excluding carboxylic acids is 1. The van der Waals surface area contributed by atoms with Crippen LogP contribution >= 0.6 is 11.6 Å². The standard InChI is InChI=1S/C17H21ClN4O3/c1-10(12-4-6-13(18)7-5-12)19-17(23)22-9-14(24-3)8-15(22)16-21-20-11(2)25-16/h4-7,10,14-15H,8-9H2,1-3H3,(H,19,23)/t10-,14+,15+/m0/s1. The van der Waals surface area contributed by atoms with Crippen LogP contribution in [0.4, 0.5) is 4.79 Å². The fourth-order valence-corrected chi connectivity index (χ4v) is 3.10. The molecule has 1 aliphatic heterocycles. The molecule has 7 nitrogen and oxygen atoms in total. The molecule has 134 valence electrons. The summed E-state index contributed by atoms with van der Waals surface area (Å²) in [5.74, 6) is 0.914. The number of amides is 2. The van der Waals surface area contributed by atoms with Crippen molar-refractivity contribution in [2.75, 3.05) is 13.7 Å². The number of likely N-dealkylation sites (tertiary alicyclic amines) is 1. The van der Waals surface area contributed by atoms with Crippen LogP contribution in [0, 0.1) is 6.92 Å². The van der Waals surface area contributed by atoms with Gasteiger partial charge >= 0.3 is 6.03 Å². The van der Waals surface area contributed by atoms with E-state index in [0.29, 0.717) is 29.8 Å². The van der Waals surface area contributed by atoms with Crippen LogP contribution in [0.15, 0.2) is 28.7 Å². The minimum absolute atomic E-state index is 0.0613. The van der Waals surface area contributed by atoms with Crippen LogP contribution in [0.1, 0.15) is 42.8 Å². The van der Waals surface area contributed by atoms with Crippen LogP contribution in [-0.2, 0) is 4.74 Å². The van der Waals surface area contributed by atoms with Crippen molar-refractivity contribution in [1.29, 1.82) is 0 Å². The largest absolute Gasteiger partial charge is 0.423 e. The summed E-state index contributed by atoms with van der Waals surface area (Å²) >= 11 is 5.91. The van der Waals surface area contributed by atoms with Gasteiger partial charge in [0.15, 0.2) is 0 Å². The van der Waals surface area contributed by atoms with Crippen LogP contribution in [0.3, 0.4) is 0 Å². The van der Waals surface area contributed by atoms with Crippen LogP contribution in [0.2, 0.25) is 5.02 Å². The summed E-state index contributed by atoms with van der Waals surface area (Å²) in [6.45, 7) is 4.13. The van der Waals surface area contributed by atoms with E-state index in [1.54, 1.807) is 31.1 Å². The summed E-state index contributed by atoms with van der Waals surface area (Å²) in [4.78, 5) is 14.5. The number of ether oxygens (including phenoxy) is 1. The van der Waals surface area contributed by atoms with Crippen molar-refractivity contribution in [1.82, 2.24) is 20.4 Å². The first kappa shape index (κ1) is 17.7. The van der Waals surface area contributed by atoms with E-state index in [4.69, 9.17) is 20.8 Å². The number of rotatable bonds is 4. The Morgan fingerprint density at radius 2 is 2.12 bits per heavy atom. The molecule has 0 radical (unpaired) electrons. The summed E-state index contributed by atoms with van der Waals surface area (Å²) in [6.07, 6.45) is 0.565. The first-order valence-corrected chi connectivity index (χ1v) is 8.51. The number of carbonyl (C=O) groups is 1. The second kappa shape index (κ2) is 7.41. The van der Waals surface area contributed by atoms with Gasteiger partial charge in [0.25, 0.3) is 0 Å². The van der Waals surface area contributed by atoms with Gasteiger partial charge in [-0.15, -0.1) is 10.2 Å². The molecule has 2 aromatic rings. The van der Waals surface area contributed by atoms with Crippen molar-refractivity contribution in [3.63, 3.8) is 0 Å². The molecule has 0 saturated carbocycles. The molecule has 1 N–H and O–H groups in total. The summed E-state index contributed by atoms with van der Waals surface area (Å²) in [6, 6.07) is 6.77. The van der Waals surface area contributed by atoms with E-state index in [-0.39, 0.29) is 24.2 Å². The number of nitrogens with one attached hydrogen (secondary N) is 1. The molecule has 3 atom stereocenters. The lowest BCUT2D eigenvalue weighted by Crippen LogP contribution is -2.41. The van der Waals surface area contributed by atoms with E-state index < -0.39 is 0 Å². The summed E-state index contributed by atoms with van der Waals surface area (Å²) in [7, 11) is 1.64. The molecule has 0 spiro atoms. The zero-order valence-corrected chi connectivity index (χ0v) is 15.2. The maximum atomic E-state index is 12.8. The predicted molar refractivity (Wildman–Crippen MR) is 92.3 cm³/mol. The highest BCUT2D eigenvalue weighted by Crippen LogP contribution is 2.33. The molecule has 2 heterocycles. The van der Waals surface area contributed by atoms with Crippen molar-refractivity contribution >= 4 is 17.6 Å². The number of methoxy groups -OCH3 is 1. The fourth-order valence-electron chi connectivity index (χ4n) is 2.98. The van der Waals surface area contributed by atoms with Crippen molar-refractivity contribution in [2.24, 2.45) is 0 Å².